The number of aromatic nitrogens is 1. The van der Waals surface area contributed by atoms with Gasteiger partial charge in [-0.15, -0.1) is 11.3 Å². The molecule has 0 radical (unpaired) electrons. The number of nitrogens with one attached hydrogen (secondary N) is 2. The third kappa shape index (κ3) is 4.20. The maximum Gasteiger partial charge on any atom is 0.0794 e. The van der Waals surface area contributed by atoms with Crippen molar-refractivity contribution in [3.8, 4) is 0 Å². The summed E-state index contributed by atoms with van der Waals surface area (Å²) in [6.07, 6.45) is 6.62. The highest BCUT2D eigenvalue weighted by molar-refractivity contribution is 7.07. The van der Waals surface area contributed by atoms with Crippen molar-refractivity contribution >= 4 is 11.3 Å². The van der Waals surface area contributed by atoms with Gasteiger partial charge in [0.05, 0.1) is 11.2 Å². The summed E-state index contributed by atoms with van der Waals surface area (Å²) in [6.45, 7) is 3.21. The lowest BCUT2D eigenvalue weighted by Gasteiger charge is -2.11. The average molecular weight is 239 g/mol. The zero-order valence-electron chi connectivity index (χ0n) is 9.74. The largest absolute Gasteiger partial charge is 0.315 e. The van der Waals surface area contributed by atoms with Crippen LogP contribution in [-0.4, -0.2) is 30.7 Å². The Morgan fingerprint density at radius 2 is 2.12 bits per heavy atom. The average Bonchev–Trinajstić information content (AvgIpc) is 2.96. The molecular weight excluding hydrogens is 218 g/mol. The van der Waals surface area contributed by atoms with Gasteiger partial charge in [0.1, 0.15) is 0 Å². The third-order valence-electron chi connectivity index (χ3n) is 3.13. The van der Waals surface area contributed by atoms with Gasteiger partial charge in [-0.25, -0.2) is 4.98 Å². The van der Waals surface area contributed by atoms with E-state index in [1.54, 1.807) is 11.3 Å². The van der Waals surface area contributed by atoms with Gasteiger partial charge in [0.2, 0.25) is 0 Å². The van der Waals surface area contributed by atoms with E-state index in [9.17, 15) is 0 Å². The van der Waals surface area contributed by atoms with Gasteiger partial charge < -0.3 is 10.6 Å². The Balaban J connectivity index is 1.43. The predicted octanol–water partition coefficient (Wildman–Crippen LogP) is 1.81. The van der Waals surface area contributed by atoms with Crippen LogP contribution in [0.4, 0.5) is 0 Å². The van der Waals surface area contributed by atoms with Gasteiger partial charge in [-0.05, 0) is 12.8 Å². The standard InChI is InChI=1S/C12H21N3S/c1-2-4-11(3-1)14-8-7-13-6-5-12-9-16-10-15-12/h9-11,13-14H,1-8H2. The molecular formula is C12H21N3S. The Kier molecular flexibility index (Phi) is 5.25. The summed E-state index contributed by atoms with van der Waals surface area (Å²) in [7, 11) is 0. The lowest BCUT2D eigenvalue weighted by atomic mass is 10.2. The van der Waals surface area contributed by atoms with E-state index >= 15 is 0 Å². The van der Waals surface area contributed by atoms with Crippen LogP contribution in [0.2, 0.25) is 0 Å². The lowest BCUT2D eigenvalue weighted by Crippen LogP contribution is -2.34. The van der Waals surface area contributed by atoms with E-state index in [2.05, 4.69) is 21.0 Å². The first-order chi connectivity index (χ1) is 7.95. The van der Waals surface area contributed by atoms with E-state index in [1.165, 1.54) is 31.4 Å². The van der Waals surface area contributed by atoms with E-state index in [0.717, 1.165) is 32.1 Å². The second-order valence-electron chi connectivity index (χ2n) is 4.42. The van der Waals surface area contributed by atoms with Crippen LogP contribution in [0.3, 0.4) is 0 Å². The first kappa shape index (κ1) is 12.0. The monoisotopic (exact) mass is 239 g/mol. The van der Waals surface area contributed by atoms with Crippen molar-refractivity contribution in [2.45, 2.75) is 38.1 Å². The van der Waals surface area contributed by atoms with Crippen LogP contribution in [0.1, 0.15) is 31.4 Å². The highest BCUT2D eigenvalue weighted by Crippen LogP contribution is 2.16. The van der Waals surface area contributed by atoms with Crippen molar-refractivity contribution in [2.75, 3.05) is 19.6 Å². The van der Waals surface area contributed by atoms with E-state index in [0.29, 0.717) is 0 Å². The maximum absolute atomic E-state index is 4.26. The molecule has 1 aromatic heterocycles. The summed E-state index contributed by atoms with van der Waals surface area (Å²) in [5, 5.41) is 9.17. The van der Waals surface area contributed by atoms with Gasteiger partial charge in [-0.3, -0.25) is 0 Å². The molecule has 4 heteroatoms. The lowest BCUT2D eigenvalue weighted by molar-refractivity contribution is 0.509. The fraction of sp³-hybridized carbons (Fsp3) is 0.750. The molecule has 2 rings (SSSR count). The Morgan fingerprint density at radius 1 is 1.25 bits per heavy atom. The molecule has 0 aromatic carbocycles. The summed E-state index contributed by atoms with van der Waals surface area (Å²) in [5.41, 5.74) is 3.11. The number of thiazole rings is 1. The Labute approximate surface area is 102 Å². The minimum Gasteiger partial charge on any atom is -0.315 e. The van der Waals surface area contributed by atoms with Crippen molar-refractivity contribution in [3.63, 3.8) is 0 Å². The van der Waals surface area contributed by atoms with Gasteiger partial charge in [-0.2, -0.15) is 0 Å². The van der Waals surface area contributed by atoms with Gasteiger partial charge in [0.15, 0.2) is 0 Å². The fourth-order valence-corrected chi connectivity index (χ4v) is 2.79. The SMILES string of the molecule is c1nc(CCNCCNC2CCCC2)cs1. The second kappa shape index (κ2) is 6.99. The summed E-state index contributed by atoms with van der Waals surface area (Å²) in [5.74, 6) is 0. The molecule has 0 saturated heterocycles. The van der Waals surface area contributed by atoms with Crippen molar-refractivity contribution in [1.82, 2.24) is 15.6 Å². The van der Waals surface area contributed by atoms with Crippen LogP contribution < -0.4 is 10.6 Å². The molecule has 3 nitrogen and oxygen atoms in total. The minimum atomic E-state index is 0.792. The van der Waals surface area contributed by atoms with Crippen LogP contribution in [0.5, 0.6) is 0 Å². The first-order valence-electron chi connectivity index (χ1n) is 6.26. The van der Waals surface area contributed by atoms with Gasteiger partial charge >= 0.3 is 0 Å². The zero-order valence-corrected chi connectivity index (χ0v) is 10.6. The van der Waals surface area contributed by atoms with Crippen molar-refractivity contribution < 1.29 is 0 Å². The second-order valence-corrected chi connectivity index (χ2v) is 5.13. The van der Waals surface area contributed by atoms with Crippen LogP contribution in [0, 0.1) is 0 Å². The van der Waals surface area contributed by atoms with E-state index in [-0.39, 0.29) is 0 Å². The first-order valence-corrected chi connectivity index (χ1v) is 7.20. The highest BCUT2D eigenvalue weighted by Gasteiger charge is 2.12. The van der Waals surface area contributed by atoms with Crippen LogP contribution in [0.25, 0.3) is 0 Å². The topological polar surface area (TPSA) is 37.0 Å². The zero-order chi connectivity index (χ0) is 11.1. The third-order valence-corrected chi connectivity index (χ3v) is 3.77. The fourth-order valence-electron chi connectivity index (χ4n) is 2.20. The summed E-state index contributed by atoms with van der Waals surface area (Å²) in [6, 6.07) is 0.792. The van der Waals surface area contributed by atoms with E-state index in [1.807, 2.05) is 5.51 Å². The molecule has 0 aliphatic heterocycles. The Hall–Kier alpha value is -0.450. The van der Waals surface area contributed by atoms with E-state index in [4.69, 9.17) is 0 Å². The van der Waals surface area contributed by atoms with Gasteiger partial charge in [0, 0.05) is 37.5 Å². The molecule has 16 heavy (non-hydrogen) atoms. The smallest absolute Gasteiger partial charge is 0.0794 e. The van der Waals surface area contributed by atoms with Crippen molar-refractivity contribution in [1.29, 1.82) is 0 Å². The Morgan fingerprint density at radius 3 is 2.88 bits per heavy atom. The van der Waals surface area contributed by atoms with Gasteiger partial charge in [-0.1, -0.05) is 12.8 Å². The molecule has 0 spiro atoms. The molecule has 0 atom stereocenters. The molecule has 1 saturated carbocycles. The summed E-state index contributed by atoms with van der Waals surface area (Å²) >= 11 is 1.67. The predicted molar refractivity (Wildman–Crippen MR) is 68.9 cm³/mol. The number of hydrogen-bond acceptors (Lipinski definition) is 4. The van der Waals surface area contributed by atoms with Crippen molar-refractivity contribution in [3.05, 3.63) is 16.6 Å². The summed E-state index contributed by atoms with van der Waals surface area (Å²) < 4.78 is 0. The summed E-state index contributed by atoms with van der Waals surface area (Å²) in [4.78, 5) is 4.26. The normalized spacial score (nSPS) is 17.0. The quantitative estimate of drug-likeness (QED) is 0.713. The van der Waals surface area contributed by atoms with Crippen LogP contribution >= 0.6 is 11.3 Å². The number of nitrogens with zero attached hydrogens (tertiary/aromatic N) is 1. The molecule has 0 unspecified atom stereocenters. The van der Waals surface area contributed by atoms with Crippen molar-refractivity contribution in [2.24, 2.45) is 0 Å². The molecule has 1 fully saturated rings. The molecule has 1 aliphatic carbocycles. The van der Waals surface area contributed by atoms with Crippen LogP contribution in [-0.2, 0) is 6.42 Å². The highest BCUT2D eigenvalue weighted by atomic mass is 32.1. The molecule has 1 aliphatic rings. The van der Waals surface area contributed by atoms with E-state index < -0.39 is 0 Å². The van der Waals surface area contributed by atoms with Gasteiger partial charge in [0.25, 0.3) is 0 Å². The molecule has 90 valence electrons. The molecule has 2 N–H and O–H groups in total. The number of rotatable bonds is 7. The van der Waals surface area contributed by atoms with Crippen LogP contribution in [0.15, 0.2) is 10.9 Å². The maximum atomic E-state index is 4.26. The molecule has 1 heterocycles. The number of hydrogen-bond donors (Lipinski definition) is 2. The molecule has 1 aromatic rings. The Bertz CT molecular complexity index is 268. The molecule has 0 amide bonds. The molecule has 0 bridgehead atoms. The minimum absolute atomic E-state index is 0.792.